The van der Waals surface area contributed by atoms with Crippen molar-refractivity contribution in [2.45, 2.75) is 43.5 Å². The quantitative estimate of drug-likeness (QED) is 0.591. The summed E-state index contributed by atoms with van der Waals surface area (Å²) < 4.78 is 29.8. The van der Waals surface area contributed by atoms with Gasteiger partial charge in [-0.2, -0.15) is 0 Å². The number of nitrogens with zero attached hydrogens (tertiary/aromatic N) is 1. The Morgan fingerprint density at radius 1 is 1.11 bits per heavy atom. The van der Waals surface area contributed by atoms with Crippen LogP contribution in [0.1, 0.15) is 31.7 Å². The first-order chi connectivity index (χ1) is 13.5. The van der Waals surface area contributed by atoms with Crippen molar-refractivity contribution in [1.82, 2.24) is 4.90 Å². The summed E-state index contributed by atoms with van der Waals surface area (Å²) in [5.41, 5.74) is 3.58. The van der Waals surface area contributed by atoms with Crippen molar-refractivity contribution in [3.05, 3.63) is 54.1 Å². The van der Waals surface area contributed by atoms with E-state index in [4.69, 9.17) is 4.74 Å². The highest BCUT2D eigenvalue weighted by Gasteiger charge is 2.20. The molecule has 1 heterocycles. The summed E-state index contributed by atoms with van der Waals surface area (Å²) in [5.74, 6) is 0.116. The fourth-order valence-corrected chi connectivity index (χ4v) is 5.25. The highest BCUT2D eigenvalue weighted by Crippen LogP contribution is 2.27. The Labute approximate surface area is 169 Å². The lowest BCUT2D eigenvalue weighted by Crippen LogP contribution is -2.29. The Morgan fingerprint density at radius 2 is 1.86 bits per heavy atom. The summed E-state index contributed by atoms with van der Waals surface area (Å²) in [6.45, 7) is 5.04. The van der Waals surface area contributed by atoms with Crippen LogP contribution in [-0.4, -0.2) is 51.9 Å². The van der Waals surface area contributed by atoms with Crippen molar-refractivity contribution in [3.63, 3.8) is 0 Å². The molecular formula is C23H31NO3S. The number of hydrogen-bond donors (Lipinski definition) is 0. The minimum Gasteiger partial charge on any atom is -0.385 e. The molecule has 0 aliphatic carbocycles. The highest BCUT2D eigenvalue weighted by molar-refractivity contribution is 7.91. The van der Waals surface area contributed by atoms with Gasteiger partial charge in [0.2, 0.25) is 0 Å². The minimum atomic E-state index is -3.26. The second-order valence-electron chi connectivity index (χ2n) is 7.62. The summed E-state index contributed by atoms with van der Waals surface area (Å²) in [4.78, 5) is 2.95. The van der Waals surface area contributed by atoms with Crippen LogP contribution >= 0.6 is 0 Å². The van der Waals surface area contributed by atoms with Gasteiger partial charge in [-0.3, -0.25) is 0 Å². The van der Waals surface area contributed by atoms with Crippen molar-refractivity contribution in [2.24, 2.45) is 0 Å². The van der Waals surface area contributed by atoms with Gasteiger partial charge in [0.1, 0.15) is 0 Å². The van der Waals surface area contributed by atoms with Crippen molar-refractivity contribution >= 4 is 9.84 Å². The molecule has 0 bridgehead atoms. The van der Waals surface area contributed by atoms with Gasteiger partial charge in [0.05, 0.1) is 10.6 Å². The molecule has 0 saturated carbocycles. The maximum Gasteiger partial charge on any atom is 0.178 e. The van der Waals surface area contributed by atoms with E-state index in [9.17, 15) is 8.42 Å². The fourth-order valence-electron chi connectivity index (χ4n) is 3.96. The second-order valence-corrected chi connectivity index (χ2v) is 9.73. The maximum absolute atomic E-state index is 12.4. The number of benzene rings is 2. The standard InChI is InChI=1S/C23H31NO3S/c1-19-7-5-15-24(19)16-14-20-8-3-4-9-23(20)21-10-12-22(13-11-21)28(25,26)18-6-17-27-2/h3-4,8-13,19H,5-7,14-18H2,1-2H3/t19-/m1/s1. The van der Waals surface area contributed by atoms with Crippen LogP contribution in [0.5, 0.6) is 0 Å². The zero-order valence-corrected chi connectivity index (χ0v) is 17.7. The molecule has 2 aromatic rings. The average molecular weight is 402 g/mol. The average Bonchev–Trinajstić information content (AvgIpc) is 3.12. The Balaban J connectivity index is 1.73. The molecule has 1 atom stereocenters. The maximum atomic E-state index is 12.4. The van der Waals surface area contributed by atoms with E-state index >= 15 is 0 Å². The number of ether oxygens (including phenoxy) is 1. The highest BCUT2D eigenvalue weighted by atomic mass is 32.2. The van der Waals surface area contributed by atoms with Gasteiger partial charge in [-0.25, -0.2) is 8.42 Å². The van der Waals surface area contributed by atoms with Gasteiger partial charge in [0.15, 0.2) is 9.84 Å². The molecular weight excluding hydrogens is 370 g/mol. The topological polar surface area (TPSA) is 46.6 Å². The molecule has 0 unspecified atom stereocenters. The zero-order valence-electron chi connectivity index (χ0n) is 16.9. The van der Waals surface area contributed by atoms with E-state index in [0.717, 1.165) is 18.5 Å². The molecule has 1 aliphatic rings. The molecule has 1 fully saturated rings. The molecule has 152 valence electrons. The second kappa shape index (κ2) is 9.68. The van der Waals surface area contributed by atoms with Crippen molar-refractivity contribution in [3.8, 4) is 11.1 Å². The summed E-state index contributed by atoms with van der Waals surface area (Å²) in [7, 11) is -1.67. The van der Waals surface area contributed by atoms with Crippen LogP contribution in [0.3, 0.4) is 0 Å². The Bertz CT molecular complexity index is 862. The Kier molecular flexibility index (Phi) is 7.27. The predicted octanol–water partition coefficient (Wildman–Crippen LogP) is 4.19. The molecule has 1 aliphatic heterocycles. The number of rotatable bonds is 9. The first kappa shape index (κ1) is 21.0. The third-order valence-corrected chi connectivity index (χ3v) is 7.48. The van der Waals surface area contributed by atoms with E-state index in [-0.39, 0.29) is 5.75 Å². The third kappa shape index (κ3) is 5.22. The van der Waals surface area contributed by atoms with Crippen molar-refractivity contribution in [1.29, 1.82) is 0 Å². The molecule has 0 spiro atoms. The van der Waals surface area contributed by atoms with Crippen LogP contribution in [0.15, 0.2) is 53.4 Å². The van der Waals surface area contributed by atoms with Crippen LogP contribution in [0.25, 0.3) is 11.1 Å². The van der Waals surface area contributed by atoms with E-state index in [2.05, 4.69) is 30.0 Å². The van der Waals surface area contributed by atoms with E-state index in [1.165, 1.54) is 30.5 Å². The number of hydrogen-bond acceptors (Lipinski definition) is 4. The lowest BCUT2D eigenvalue weighted by Gasteiger charge is -2.21. The zero-order chi connectivity index (χ0) is 20.0. The number of likely N-dealkylation sites (tertiary alicyclic amines) is 1. The summed E-state index contributed by atoms with van der Waals surface area (Å²) in [5, 5.41) is 0. The normalized spacial score (nSPS) is 17.9. The van der Waals surface area contributed by atoms with E-state index < -0.39 is 9.84 Å². The molecule has 0 amide bonds. The molecule has 4 nitrogen and oxygen atoms in total. The van der Waals surface area contributed by atoms with Gasteiger partial charge >= 0.3 is 0 Å². The number of methoxy groups -OCH3 is 1. The molecule has 0 aromatic heterocycles. The number of sulfone groups is 1. The lowest BCUT2D eigenvalue weighted by atomic mass is 9.97. The van der Waals surface area contributed by atoms with E-state index in [1.54, 1.807) is 19.2 Å². The van der Waals surface area contributed by atoms with Gasteiger partial charge in [0.25, 0.3) is 0 Å². The summed E-state index contributed by atoms with van der Waals surface area (Å²) in [6.07, 6.45) is 4.11. The first-order valence-corrected chi connectivity index (χ1v) is 11.8. The molecule has 2 aromatic carbocycles. The van der Waals surface area contributed by atoms with Gasteiger partial charge in [-0.05, 0) is 68.0 Å². The largest absolute Gasteiger partial charge is 0.385 e. The lowest BCUT2D eigenvalue weighted by molar-refractivity contribution is 0.199. The molecule has 28 heavy (non-hydrogen) atoms. The minimum absolute atomic E-state index is 0.116. The molecule has 0 radical (unpaired) electrons. The monoisotopic (exact) mass is 401 g/mol. The summed E-state index contributed by atoms with van der Waals surface area (Å²) in [6, 6.07) is 16.5. The molecule has 1 saturated heterocycles. The third-order valence-electron chi connectivity index (χ3n) is 5.66. The van der Waals surface area contributed by atoms with Crippen LogP contribution in [0.4, 0.5) is 0 Å². The van der Waals surface area contributed by atoms with Gasteiger partial charge < -0.3 is 9.64 Å². The van der Waals surface area contributed by atoms with Crippen LogP contribution in [0, 0.1) is 0 Å². The molecule has 5 heteroatoms. The fraction of sp³-hybridized carbons (Fsp3) is 0.478. The summed E-state index contributed by atoms with van der Waals surface area (Å²) >= 11 is 0. The van der Waals surface area contributed by atoms with Crippen LogP contribution in [-0.2, 0) is 21.0 Å². The van der Waals surface area contributed by atoms with Crippen LogP contribution < -0.4 is 0 Å². The Morgan fingerprint density at radius 3 is 2.54 bits per heavy atom. The Hall–Kier alpha value is -1.69. The van der Waals surface area contributed by atoms with E-state index in [0.29, 0.717) is 24.0 Å². The van der Waals surface area contributed by atoms with E-state index in [1.807, 2.05) is 18.2 Å². The van der Waals surface area contributed by atoms with Crippen LogP contribution in [0.2, 0.25) is 0 Å². The van der Waals surface area contributed by atoms with Gasteiger partial charge in [0, 0.05) is 26.3 Å². The SMILES string of the molecule is COCCCS(=O)(=O)c1ccc(-c2ccccc2CCN2CCC[C@H]2C)cc1. The predicted molar refractivity (Wildman–Crippen MR) is 114 cm³/mol. The molecule has 3 rings (SSSR count). The van der Waals surface area contributed by atoms with Crippen molar-refractivity contribution in [2.75, 3.05) is 32.6 Å². The smallest absolute Gasteiger partial charge is 0.178 e. The molecule has 0 N–H and O–H groups in total. The first-order valence-electron chi connectivity index (χ1n) is 10.2. The van der Waals surface area contributed by atoms with Gasteiger partial charge in [-0.15, -0.1) is 0 Å². The van der Waals surface area contributed by atoms with Crippen molar-refractivity contribution < 1.29 is 13.2 Å². The van der Waals surface area contributed by atoms with Gasteiger partial charge in [-0.1, -0.05) is 36.4 Å².